The number of benzene rings is 2. The van der Waals surface area contributed by atoms with Crippen LogP contribution >= 0.6 is 11.3 Å². The molecular weight excluding hydrogens is 386 g/mol. The van der Waals surface area contributed by atoms with Gasteiger partial charge in [0.2, 0.25) is 10.0 Å². The molecule has 2 aromatic carbocycles. The first-order valence-electron chi connectivity index (χ1n) is 8.33. The number of hydrogen-bond donors (Lipinski definition) is 1. The number of hydrogen-bond acceptors (Lipinski definition) is 6. The van der Waals surface area contributed by atoms with Crippen molar-refractivity contribution in [3.63, 3.8) is 0 Å². The summed E-state index contributed by atoms with van der Waals surface area (Å²) in [6.45, 7) is 0.438. The third-order valence-corrected chi connectivity index (χ3v) is 7.11. The molecule has 0 spiro atoms. The van der Waals surface area contributed by atoms with E-state index in [1.54, 1.807) is 31.4 Å². The van der Waals surface area contributed by atoms with Crippen LogP contribution in [0.1, 0.15) is 16.8 Å². The molecule has 0 atom stereocenters. The number of fused-ring (bicyclic) bond motifs is 1. The summed E-state index contributed by atoms with van der Waals surface area (Å²) in [6.07, 6.45) is 0.591. The second-order valence-corrected chi connectivity index (χ2v) is 9.14. The molecule has 9 heteroatoms. The van der Waals surface area contributed by atoms with Gasteiger partial charge in [-0.1, -0.05) is 17.4 Å². The van der Waals surface area contributed by atoms with Gasteiger partial charge in [-0.15, -0.1) is 0 Å². The van der Waals surface area contributed by atoms with E-state index in [0.717, 1.165) is 16.0 Å². The first-order valence-corrected chi connectivity index (χ1v) is 10.8. The fourth-order valence-electron chi connectivity index (χ4n) is 2.99. The van der Waals surface area contributed by atoms with Crippen LogP contribution in [0.2, 0.25) is 0 Å². The van der Waals surface area contributed by atoms with Crippen molar-refractivity contribution in [3.05, 3.63) is 48.0 Å². The van der Waals surface area contributed by atoms with Crippen molar-refractivity contribution in [1.29, 1.82) is 0 Å². The second-order valence-electron chi connectivity index (χ2n) is 6.10. The third-order valence-electron chi connectivity index (χ3n) is 4.31. The molecule has 0 saturated carbocycles. The maximum atomic E-state index is 12.6. The van der Waals surface area contributed by atoms with Crippen LogP contribution in [0.25, 0.3) is 10.2 Å². The number of sulfonamides is 1. The topological polar surface area (TPSA) is 88.6 Å². The molecule has 7 nitrogen and oxygen atoms in total. The molecule has 1 aliphatic heterocycles. The Morgan fingerprint density at radius 3 is 2.85 bits per heavy atom. The summed E-state index contributed by atoms with van der Waals surface area (Å²) < 4.78 is 31.6. The van der Waals surface area contributed by atoms with Gasteiger partial charge in [-0.3, -0.25) is 14.4 Å². The smallest absolute Gasteiger partial charge is 0.257 e. The van der Waals surface area contributed by atoms with E-state index < -0.39 is 10.0 Å². The number of anilines is 2. The van der Waals surface area contributed by atoms with Gasteiger partial charge in [0.1, 0.15) is 5.75 Å². The van der Waals surface area contributed by atoms with Gasteiger partial charge in [-0.25, -0.2) is 13.4 Å². The SMILES string of the molecule is COc1ccc2nc(NC(=O)c3cccc(N4CCCS4(=O)=O)c3)sc2c1. The Hall–Kier alpha value is -2.65. The van der Waals surface area contributed by atoms with Crippen LogP contribution in [0.15, 0.2) is 42.5 Å². The van der Waals surface area contributed by atoms with Crippen LogP contribution in [0.3, 0.4) is 0 Å². The summed E-state index contributed by atoms with van der Waals surface area (Å²) in [6, 6.07) is 12.1. The van der Waals surface area contributed by atoms with Gasteiger partial charge < -0.3 is 4.74 Å². The first kappa shape index (κ1) is 17.7. The number of nitrogens with one attached hydrogen (secondary N) is 1. The number of amides is 1. The van der Waals surface area contributed by atoms with Crippen molar-refractivity contribution >= 4 is 48.3 Å². The predicted molar refractivity (Wildman–Crippen MR) is 106 cm³/mol. The Balaban J connectivity index is 1.57. The van der Waals surface area contributed by atoms with Crippen molar-refractivity contribution in [2.45, 2.75) is 6.42 Å². The lowest BCUT2D eigenvalue weighted by Crippen LogP contribution is -2.25. The summed E-state index contributed by atoms with van der Waals surface area (Å²) in [5.74, 6) is 0.529. The van der Waals surface area contributed by atoms with Crippen LogP contribution in [-0.4, -0.2) is 38.7 Å². The molecule has 2 heterocycles. The molecule has 0 aliphatic carbocycles. The maximum absolute atomic E-state index is 12.6. The Labute approximate surface area is 160 Å². The lowest BCUT2D eigenvalue weighted by Gasteiger charge is -2.17. The molecule has 1 amide bonds. The number of aromatic nitrogens is 1. The minimum Gasteiger partial charge on any atom is -0.497 e. The fourth-order valence-corrected chi connectivity index (χ4v) is 5.43. The van der Waals surface area contributed by atoms with Crippen molar-refractivity contribution in [1.82, 2.24) is 4.98 Å². The molecule has 27 heavy (non-hydrogen) atoms. The number of carbonyl (C=O) groups excluding carboxylic acids is 1. The van der Waals surface area contributed by atoms with Crippen LogP contribution in [0, 0.1) is 0 Å². The Morgan fingerprint density at radius 1 is 1.26 bits per heavy atom. The van der Waals surface area contributed by atoms with Crippen molar-refractivity contribution in [2.24, 2.45) is 0 Å². The Morgan fingerprint density at radius 2 is 2.11 bits per heavy atom. The van der Waals surface area contributed by atoms with E-state index in [9.17, 15) is 13.2 Å². The van der Waals surface area contributed by atoms with Crippen LogP contribution in [-0.2, 0) is 10.0 Å². The normalized spacial score (nSPS) is 15.8. The maximum Gasteiger partial charge on any atom is 0.257 e. The zero-order chi connectivity index (χ0) is 19.0. The van der Waals surface area contributed by atoms with Gasteiger partial charge in [-0.05, 0) is 42.8 Å². The fraction of sp³-hybridized carbons (Fsp3) is 0.222. The van der Waals surface area contributed by atoms with E-state index in [2.05, 4.69) is 10.3 Å². The number of methoxy groups -OCH3 is 1. The molecule has 1 fully saturated rings. The largest absolute Gasteiger partial charge is 0.497 e. The highest BCUT2D eigenvalue weighted by atomic mass is 32.2. The number of thiazole rings is 1. The quantitative estimate of drug-likeness (QED) is 0.723. The number of nitrogens with zero attached hydrogens (tertiary/aromatic N) is 2. The summed E-state index contributed by atoms with van der Waals surface area (Å²) in [7, 11) is -1.69. The van der Waals surface area contributed by atoms with E-state index in [4.69, 9.17) is 4.74 Å². The van der Waals surface area contributed by atoms with Crippen molar-refractivity contribution in [2.75, 3.05) is 29.0 Å². The highest BCUT2D eigenvalue weighted by molar-refractivity contribution is 7.93. The minimum absolute atomic E-state index is 0.137. The summed E-state index contributed by atoms with van der Waals surface area (Å²) in [5, 5.41) is 3.26. The molecule has 0 radical (unpaired) electrons. The van der Waals surface area contributed by atoms with Gasteiger partial charge >= 0.3 is 0 Å². The van der Waals surface area contributed by atoms with E-state index in [1.165, 1.54) is 15.6 Å². The molecule has 0 bridgehead atoms. The average Bonchev–Trinajstić information content (AvgIpc) is 3.22. The van der Waals surface area contributed by atoms with Gasteiger partial charge in [0.15, 0.2) is 5.13 Å². The molecule has 4 rings (SSSR count). The zero-order valence-corrected chi connectivity index (χ0v) is 16.1. The molecule has 3 aromatic rings. The van der Waals surface area contributed by atoms with Crippen molar-refractivity contribution in [3.8, 4) is 5.75 Å². The van der Waals surface area contributed by atoms with Gasteiger partial charge in [-0.2, -0.15) is 0 Å². The number of rotatable bonds is 4. The first-order chi connectivity index (χ1) is 13.0. The highest BCUT2D eigenvalue weighted by Crippen LogP contribution is 2.30. The van der Waals surface area contributed by atoms with Crippen molar-refractivity contribution < 1.29 is 17.9 Å². The third kappa shape index (κ3) is 3.47. The van der Waals surface area contributed by atoms with Gasteiger partial charge in [0.05, 0.1) is 28.8 Å². The zero-order valence-electron chi connectivity index (χ0n) is 14.5. The summed E-state index contributed by atoms with van der Waals surface area (Å²) >= 11 is 1.35. The molecule has 0 unspecified atom stereocenters. The van der Waals surface area contributed by atoms with Crippen LogP contribution < -0.4 is 14.4 Å². The summed E-state index contributed by atoms with van der Waals surface area (Å²) in [5.41, 5.74) is 1.66. The molecule has 1 aliphatic rings. The highest BCUT2D eigenvalue weighted by Gasteiger charge is 2.28. The average molecular weight is 403 g/mol. The lowest BCUT2D eigenvalue weighted by molar-refractivity contribution is 0.102. The molecule has 1 N–H and O–H groups in total. The van der Waals surface area contributed by atoms with E-state index in [-0.39, 0.29) is 11.7 Å². The van der Waals surface area contributed by atoms with Gasteiger partial charge in [0, 0.05) is 12.1 Å². The van der Waals surface area contributed by atoms with E-state index in [1.807, 2.05) is 18.2 Å². The van der Waals surface area contributed by atoms with Crippen LogP contribution in [0.5, 0.6) is 5.75 Å². The standard InChI is InChI=1S/C18H17N3O4S2/c1-25-14-6-7-15-16(11-14)26-18(19-15)20-17(22)12-4-2-5-13(10-12)21-8-3-9-27(21,23)24/h2,4-7,10-11H,3,8-9H2,1H3,(H,19,20,22). The monoisotopic (exact) mass is 403 g/mol. The lowest BCUT2D eigenvalue weighted by atomic mass is 10.2. The molecule has 1 aromatic heterocycles. The summed E-state index contributed by atoms with van der Waals surface area (Å²) in [4.78, 5) is 17.0. The molecular formula is C18H17N3O4S2. The van der Waals surface area contributed by atoms with Gasteiger partial charge in [0.25, 0.3) is 5.91 Å². The van der Waals surface area contributed by atoms with E-state index >= 15 is 0 Å². The Kier molecular flexibility index (Phi) is 4.48. The number of ether oxygens (including phenoxy) is 1. The van der Waals surface area contributed by atoms with Crippen LogP contribution in [0.4, 0.5) is 10.8 Å². The second kappa shape index (κ2) is 6.82. The molecule has 140 valence electrons. The number of carbonyl (C=O) groups is 1. The predicted octanol–water partition coefficient (Wildman–Crippen LogP) is 3.10. The Bertz CT molecular complexity index is 1120. The van der Waals surface area contributed by atoms with E-state index in [0.29, 0.717) is 29.3 Å². The molecule has 1 saturated heterocycles. The minimum atomic E-state index is -3.29.